The molecule has 2 fully saturated rings. The molecular weight excluding hydrogens is 254 g/mol. The van der Waals surface area contributed by atoms with E-state index in [0.717, 1.165) is 24.0 Å². The number of hydroxylamine groups is 2. The van der Waals surface area contributed by atoms with E-state index in [4.69, 9.17) is 0 Å². The second-order valence-electron chi connectivity index (χ2n) is 6.76. The maximum Gasteiger partial charge on any atom is 0.144 e. The maximum atomic E-state index is 12.8. The maximum absolute atomic E-state index is 12.8. The molecule has 108 valence electrons. The van der Waals surface area contributed by atoms with Gasteiger partial charge in [-0.2, -0.15) is 0 Å². The van der Waals surface area contributed by atoms with E-state index < -0.39 is 11.5 Å². The fourth-order valence-corrected chi connectivity index (χ4v) is 5.16. The summed E-state index contributed by atoms with van der Waals surface area (Å²) < 4.78 is 0. The number of hydrogen-bond donors (Lipinski definition) is 2. The number of nitrogens with one attached hydrogen (secondary N) is 1. The minimum Gasteiger partial charge on any atom is -0.634 e. The number of Topliss-reactive ketones (excluding diaryl/α,β-unsaturated/α-hetero) is 1. The van der Waals surface area contributed by atoms with Gasteiger partial charge in [-0.25, -0.2) is 0 Å². The van der Waals surface area contributed by atoms with E-state index in [9.17, 15) is 15.1 Å². The first kappa shape index (κ1) is 12.7. The molecule has 0 spiro atoms. The SMILES string of the molecule is O=C1CCC[C@H]2[C@H]3CC4=C(C=CCC4O)[C@@]12CC[NH+]3[O-]. The van der Waals surface area contributed by atoms with Gasteiger partial charge in [0.25, 0.3) is 0 Å². The van der Waals surface area contributed by atoms with E-state index in [-0.39, 0.29) is 12.0 Å². The first-order valence-corrected chi connectivity index (χ1v) is 7.79. The molecule has 2 unspecified atom stereocenters. The van der Waals surface area contributed by atoms with Gasteiger partial charge in [0, 0.05) is 25.2 Å². The molecule has 0 amide bonds. The number of quaternary nitrogens is 1. The monoisotopic (exact) mass is 275 g/mol. The van der Waals surface area contributed by atoms with Crippen molar-refractivity contribution in [1.29, 1.82) is 0 Å². The van der Waals surface area contributed by atoms with E-state index in [1.165, 1.54) is 0 Å². The van der Waals surface area contributed by atoms with Crippen LogP contribution in [0.3, 0.4) is 0 Å². The lowest BCUT2D eigenvalue weighted by Crippen LogP contribution is -3.14. The molecule has 0 aromatic rings. The average molecular weight is 275 g/mol. The molecule has 4 nitrogen and oxygen atoms in total. The number of allylic oxidation sites excluding steroid dienone is 2. The molecular formula is C16H21NO3. The van der Waals surface area contributed by atoms with Crippen LogP contribution in [0.15, 0.2) is 23.3 Å². The molecule has 0 aromatic carbocycles. The Hall–Kier alpha value is -0.970. The Morgan fingerprint density at radius 3 is 3.15 bits per heavy atom. The van der Waals surface area contributed by atoms with Crippen molar-refractivity contribution in [3.63, 3.8) is 0 Å². The first-order valence-electron chi connectivity index (χ1n) is 7.79. The zero-order chi connectivity index (χ0) is 13.9. The number of aliphatic hydroxyl groups is 1. The van der Waals surface area contributed by atoms with Crippen molar-refractivity contribution in [3.8, 4) is 0 Å². The van der Waals surface area contributed by atoms with Crippen LogP contribution in [0, 0.1) is 16.5 Å². The van der Waals surface area contributed by atoms with Crippen LogP contribution in [0.25, 0.3) is 0 Å². The van der Waals surface area contributed by atoms with Gasteiger partial charge in [-0.1, -0.05) is 12.2 Å². The summed E-state index contributed by atoms with van der Waals surface area (Å²) in [6.45, 7) is 0.535. The number of piperidine rings is 1. The third-order valence-electron chi connectivity index (χ3n) is 6.03. The van der Waals surface area contributed by atoms with E-state index in [1.807, 2.05) is 6.08 Å². The highest BCUT2D eigenvalue weighted by molar-refractivity contribution is 5.90. The van der Waals surface area contributed by atoms with Gasteiger partial charge in [-0.05, 0) is 30.4 Å². The molecule has 4 aliphatic rings. The highest BCUT2D eigenvalue weighted by Crippen LogP contribution is 2.55. The first-order chi connectivity index (χ1) is 9.64. The van der Waals surface area contributed by atoms with Crippen LogP contribution in [-0.4, -0.2) is 29.6 Å². The zero-order valence-corrected chi connectivity index (χ0v) is 11.6. The Balaban J connectivity index is 1.92. The van der Waals surface area contributed by atoms with E-state index in [1.54, 1.807) is 0 Å². The van der Waals surface area contributed by atoms with Crippen molar-refractivity contribution in [1.82, 2.24) is 0 Å². The van der Waals surface area contributed by atoms with Crippen molar-refractivity contribution in [3.05, 3.63) is 28.5 Å². The van der Waals surface area contributed by atoms with Gasteiger partial charge in [0.05, 0.1) is 24.1 Å². The Bertz CT molecular complexity index is 524. The van der Waals surface area contributed by atoms with Crippen LogP contribution in [0.5, 0.6) is 0 Å². The predicted octanol–water partition coefficient (Wildman–Crippen LogP) is 0.518. The van der Waals surface area contributed by atoms with Crippen LogP contribution in [-0.2, 0) is 4.79 Å². The summed E-state index contributed by atoms with van der Waals surface area (Å²) >= 11 is 0. The zero-order valence-electron chi connectivity index (χ0n) is 11.6. The normalized spacial score (nSPS) is 47.0. The van der Waals surface area contributed by atoms with Gasteiger partial charge in [0.1, 0.15) is 5.78 Å². The van der Waals surface area contributed by atoms with Gasteiger partial charge in [0.2, 0.25) is 0 Å². The van der Waals surface area contributed by atoms with Crippen LogP contribution < -0.4 is 5.06 Å². The number of ketones is 1. The lowest BCUT2D eigenvalue weighted by Gasteiger charge is -2.57. The Morgan fingerprint density at radius 2 is 2.30 bits per heavy atom. The second-order valence-corrected chi connectivity index (χ2v) is 6.76. The summed E-state index contributed by atoms with van der Waals surface area (Å²) in [4.78, 5) is 12.8. The van der Waals surface area contributed by atoms with E-state index >= 15 is 0 Å². The molecule has 2 bridgehead atoms. The summed E-state index contributed by atoms with van der Waals surface area (Å²) in [5.74, 6) is 0.510. The predicted molar refractivity (Wildman–Crippen MR) is 73.8 cm³/mol. The van der Waals surface area contributed by atoms with Crippen LogP contribution in [0.2, 0.25) is 0 Å². The standard InChI is InChI=1S/C16H21NO3/c18-14-5-1-3-11-10(14)9-13-12-4-2-6-15(19)16(11,12)7-8-17(13)20/h1,3,12-14,17-18H,2,4-9H2/t12-,13+,14?,16+/m0/s1. The Morgan fingerprint density at radius 1 is 1.45 bits per heavy atom. The summed E-state index contributed by atoms with van der Waals surface area (Å²) in [7, 11) is 0. The number of carbonyl (C=O) groups is 1. The molecule has 0 radical (unpaired) electrons. The Kier molecular flexibility index (Phi) is 2.72. The molecule has 1 saturated carbocycles. The average Bonchev–Trinajstić information content (AvgIpc) is 2.44. The lowest BCUT2D eigenvalue weighted by molar-refractivity contribution is -0.889. The number of hydrogen-bond acceptors (Lipinski definition) is 3. The van der Waals surface area contributed by atoms with Crippen molar-refractivity contribution in [2.24, 2.45) is 11.3 Å². The van der Waals surface area contributed by atoms with Gasteiger partial charge < -0.3 is 15.4 Å². The summed E-state index contributed by atoms with van der Waals surface area (Å²) in [5.41, 5.74) is 1.62. The molecule has 0 aromatic heterocycles. The molecule has 1 heterocycles. The fourth-order valence-electron chi connectivity index (χ4n) is 5.16. The number of aliphatic hydroxyl groups excluding tert-OH is 1. The molecule has 1 saturated heterocycles. The second kappa shape index (κ2) is 4.26. The van der Waals surface area contributed by atoms with Crippen LogP contribution in [0.4, 0.5) is 0 Å². The van der Waals surface area contributed by atoms with Crippen molar-refractivity contribution < 1.29 is 15.0 Å². The smallest absolute Gasteiger partial charge is 0.144 e. The summed E-state index contributed by atoms with van der Waals surface area (Å²) in [6, 6.07) is -0.0205. The van der Waals surface area contributed by atoms with Gasteiger partial charge in [-0.3, -0.25) is 4.79 Å². The minimum atomic E-state index is -0.490. The molecule has 20 heavy (non-hydrogen) atoms. The quantitative estimate of drug-likeness (QED) is 0.633. The van der Waals surface area contributed by atoms with Crippen LogP contribution in [0.1, 0.15) is 38.5 Å². The van der Waals surface area contributed by atoms with Crippen molar-refractivity contribution in [2.45, 2.75) is 50.7 Å². The molecule has 3 aliphatic carbocycles. The fraction of sp³-hybridized carbons (Fsp3) is 0.688. The molecule has 4 rings (SSSR count). The Labute approximate surface area is 118 Å². The van der Waals surface area contributed by atoms with Gasteiger partial charge >= 0.3 is 0 Å². The van der Waals surface area contributed by atoms with Gasteiger partial charge in [0.15, 0.2) is 0 Å². The largest absolute Gasteiger partial charge is 0.634 e. The number of carbonyl (C=O) groups excluding carboxylic acids is 1. The third-order valence-corrected chi connectivity index (χ3v) is 6.03. The van der Waals surface area contributed by atoms with E-state index in [2.05, 4.69) is 6.08 Å². The lowest BCUT2D eigenvalue weighted by atomic mass is 9.51. The van der Waals surface area contributed by atoms with E-state index in [0.29, 0.717) is 43.1 Å². The van der Waals surface area contributed by atoms with Crippen LogP contribution >= 0.6 is 0 Å². The minimum absolute atomic E-state index is 0.0205. The van der Waals surface area contributed by atoms with Gasteiger partial charge in [-0.15, -0.1) is 0 Å². The highest BCUT2D eigenvalue weighted by Gasteiger charge is 2.60. The summed E-state index contributed by atoms with van der Waals surface area (Å²) in [6.07, 6.45) is 8.09. The molecule has 1 aliphatic heterocycles. The molecule has 5 atom stereocenters. The molecule has 4 heteroatoms. The third kappa shape index (κ3) is 1.45. The van der Waals surface area contributed by atoms with Crippen molar-refractivity contribution in [2.75, 3.05) is 6.54 Å². The highest BCUT2D eigenvalue weighted by atomic mass is 16.5. The molecule has 2 N–H and O–H groups in total. The summed E-state index contributed by atoms with van der Waals surface area (Å²) in [5, 5.41) is 22.9. The van der Waals surface area contributed by atoms with Crippen molar-refractivity contribution >= 4 is 5.78 Å². The topological polar surface area (TPSA) is 64.8 Å². The number of rotatable bonds is 0.